The van der Waals surface area contributed by atoms with Crippen molar-refractivity contribution in [2.45, 2.75) is 13.5 Å². The zero-order valence-electron chi connectivity index (χ0n) is 12.7. The third-order valence-corrected chi connectivity index (χ3v) is 5.23. The van der Waals surface area contributed by atoms with Gasteiger partial charge in [0.1, 0.15) is 0 Å². The summed E-state index contributed by atoms with van der Waals surface area (Å²) in [6.45, 7) is 2.48. The second kappa shape index (κ2) is 6.90. The zero-order chi connectivity index (χ0) is 17.1. The van der Waals surface area contributed by atoms with Crippen molar-refractivity contribution in [2.24, 2.45) is 4.99 Å². The van der Waals surface area contributed by atoms with Crippen molar-refractivity contribution >= 4 is 50.6 Å². The van der Waals surface area contributed by atoms with Gasteiger partial charge in [-0.05, 0) is 30.5 Å². The maximum absolute atomic E-state index is 12.1. The average Bonchev–Trinajstić information content (AvgIpc) is 3.19. The first kappa shape index (κ1) is 16.3. The quantitative estimate of drug-likeness (QED) is 0.403. The molecule has 3 aromatic rings. The molecule has 0 bridgehead atoms. The van der Waals surface area contributed by atoms with Gasteiger partial charge in [0.2, 0.25) is 0 Å². The van der Waals surface area contributed by atoms with Gasteiger partial charge >= 0.3 is 0 Å². The molecule has 1 amide bonds. The molecule has 0 radical (unpaired) electrons. The summed E-state index contributed by atoms with van der Waals surface area (Å²) in [5, 5.41) is 12.9. The van der Waals surface area contributed by atoms with E-state index in [0.717, 1.165) is 9.58 Å². The Morgan fingerprint density at radius 2 is 2.25 bits per heavy atom. The summed E-state index contributed by atoms with van der Waals surface area (Å²) in [4.78, 5) is 28.2. The van der Waals surface area contributed by atoms with Crippen LogP contribution in [0.5, 0.6) is 0 Å². The molecule has 0 fully saturated rings. The summed E-state index contributed by atoms with van der Waals surface area (Å²) in [5.41, 5.74) is 0.739. The van der Waals surface area contributed by atoms with Crippen LogP contribution in [0.4, 0.5) is 5.69 Å². The number of nitrogens with zero attached hydrogens (tertiary/aromatic N) is 3. The SMILES string of the molecule is CCn1c(=NC(=O)/C=C/c2cccs2)sc2ccc([N+](=O)[O-])cc21. The van der Waals surface area contributed by atoms with Gasteiger partial charge < -0.3 is 4.57 Å². The number of nitro benzene ring substituents is 1. The topological polar surface area (TPSA) is 77.5 Å². The Bertz CT molecular complexity index is 997. The lowest BCUT2D eigenvalue weighted by molar-refractivity contribution is -0.384. The van der Waals surface area contributed by atoms with Crippen LogP contribution in [0.15, 0.2) is 46.8 Å². The molecule has 8 heteroatoms. The molecule has 3 rings (SSSR count). The number of aryl methyl sites for hydroxylation is 1. The molecule has 0 spiro atoms. The Hall–Kier alpha value is -2.58. The molecule has 0 unspecified atom stereocenters. The first-order valence-electron chi connectivity index (χ1n) is 7.16. The number of nitro groups is 1. The van der Waals surface area contributed by atoms with E-state index in [0.29, 0.717) is 16.9 Å². The second-order valence-corrected chi connectivity index (χ2v) is 6.83. The van der Waals surface area contributed by atoms with Crippen LogP contribution in [-0.4, -0.2) is 15.4 Å². The molecule has 6 nitrogen and oxygen atoms in total. The Morgan fingerprint density at radius 3 is 2.92 bits per heavy atom. The summed E-state index contributed by atoms with van der Waals surface area (Å²) in [5.74, 6) is -0.355. The van der Waals surface area contributed by atoms with E-state index in [-0.39, 0.29) is 11.6 Å². The van der Waals surface area contributed by atoms with Crippen molar-refractivity contribution in [3.05, 3.63) is 61.6 Å². The summed E-state index contributed by atoms with van der Waals surface area (Å²) >= 11 is 2.88. The minimum atomic E-state index is -0.428. The van der Waals surface area contributed by atoms with E-state index in [1.807, 2.05) is 29.0 Å². The molecule has 122 valence electrons. The van der Waals surface area contributed by atoms with Gasteiger partial charge in [-0.1, -0.05) is 17.4 Å². The molecule has 2 aromatic heterocycles. The van der Waals surface area contributed by atoms with E-state index >= 15 is 0 Å². The Kier molecular flexibility index (Phi) is 4.68. The number of benzene rings is 1. The summed E-state index contributed by atoms with van der Waals surface area (Å²) in [7, 11) is 0. The number of hydrogen-bond acceptors (Lipinski definition) is 5. The number of carbonyl (C=O) groups excluding carboxylic acids is 1. The number of aromatic nitrogens is 1. The first-order valence-corrected chi connectivity index (χ1v) is 8.86. The standard InChI is InChI=1S/C16H13N3O3S2/c1-2-18-13-10-11(19(21)22)5-7-14(13)24-16(18)17-15(20)8-6-12-4-3-9-23-12/h3-10H,2H2,1H3/b8-6+,17-16?. The van der Waals surface area contributed by atoms with Crippen molar-refractivity contribution < 1.29 is 9.72 Å². The van der Waals surface area contributed by atoms with E-state index in [2.05, 4.69) is 4.99 Å². The van der Waals surface area contributed by atoms with Crippen LogP contribution in [0, 0.1) is 10.1 Å². The Balaban J connectivity index is 2.02. The molecule has 1 aromatic carbocycles. The van der Waals surface area contributed by atoms with Crippen molar-refractivity contribution in [3.63, 3.8) is 0 Å². The Labute approximate surface area is 145 Å². The van der Waals surface area contributed by atoms with Crippen molar-refractivity contribution in [1.82, 2.24) is 4.57 Å². The number of fused-ring (bicyclic) bond motifs is 1. The van der Waals surface area contributed by atoms with Crippen LogP contribution in [0.1, 0.15) is 11.8 Å². The van der Waals surface area contributed by atoms with E-state index in [4.69, 9.17) is 0 Å². The minimum Gasteiger partial charge on any atom is -0.316 e. The van der Waals surface area contributed by atoms with Crippen molar-refractivity contribution in [1.29, 1.82) is 0 Å². The lowest BCUT2D eigenvalue weighted by atomic mass is 10.3. The van der Waals surface area contributed by atoms with Crippen LogP contribution < -0.4 is 4.80 Å². The van der Waals surface area contributed by atoms with Gasteiger partial charge in [-0.15, -0.1) is 11.3 Å². The highest BCUT2D eigenvalue weighted by Crippen LogP contribution is 2.23. The Morgan fingerprint density at radius 1 is 1.42 bits per heavy atom. The summed E-state index contributed by atoms with van der Waals surface area (Å²) in [6, 6.07) is 8.49. The van der Waals surface area contributed by atoms with E-state index in [1.54, 1.807) is 12.1 Å². The molecule has 24 heavy (non-hydrogen) atoms. The number of non-ortho nitro benzene ring substituents is 1. The number of rotatable bonds is 4. The van der Waals surface area contributed by atoms with Crippen LogP contribution in [0.3, 0.4) is 0 Å². The maximum atomic E-state index is 12.1. The maximum Gasteiger partial charge on any atom is 0.272 e. The normalized spacial score (nSPS) is 12.3. The molecule has 0 N–H and O–H groups in total. The van der Waals surface area contributed by atoms with Gasteiger partial charge in [0.25, 0.3) is 11.6 Å². The van der Waals surface area contributed by atoms with Gasteiger partial charge in [-0.2, -0.15) is 4.99 Å². The molecular weight excluding hydrogens is 346 g/mol. The fourth-order valence-electron chi connectivity index (χ4n) is 2.23. The smallest absolute Gasteiger partial charge is 0.272 e. The third kappa shape index (κ3) is 3.34. The molecule has 0 aliphatic carbocycles. The minimum absolute atomic E-state index is 0.0259. The highest BCUT2D eigenvalue weighted by Gasteiger charge is 2.11. The zero-order valence-corrected chi connectivity index (χ0v) is 14.3. The van der Waals surface area contributed by atoms with Crippen molar-refractivity contribution in [2.75, 3.05) is 0 Å². The van der Waals surface area contributed by atoms with Gasteiger partial charge in [-0.3, -0.25) is 14.9 Å². The first-order chi connectivity index (χ1) is 11.6. The third-order valence-electron chi connectivity index (χ3n) is 3.33. The molecular formula is C16H13N3O3S2. The lowest BCUT2D eigenvalue weighted by Crippen LogP contribution is -2.15. The predicted octanol–water partition coefficient (Wildman–Crippen LogP) is 3.83. The van der Waals surface area contributed by atoms with E-state index < -0.39 is 4.92 Å². The molecule has 0 saturated heterocycles. The largest absolute Gasteiger partial charge is 0.316 e. The predicted molar refractivity (Wildman–Crippen MR) is 96.1 cm³/mol. The summed E-state index contributed by atoms with van der Waals surface area (Å²) < 4.78 is 2.67. The monoisotopic (exact) mass is 359 g/mol. The number of thiophene rings is 1. The highest BCUT2D eigenvalue weighted by molar-refractivity contribution is 7.16. The van der Waals surface area contributed by atoms with E-state index in [9.17, 15) is 14.9 Å². The van der Waals surface area contributed by atoms with Gasteiger partial charge in [0, 0.05) is 29.6 Å². The van der Waals surface area contributed by atoms with Crippen LogP contribution in [-0.2, 0) is 11.3 Å². The molecule has 0 atom stereocenters. The van der Waals surface area contributed by atoms with Gasteiger partial charge in [0.05, 0.1) is 15.1 Å². The van der Waals surface area contributed by atoms with Crippen LogP contribution in [0.2, 0.25) is 0 Å². The molecule has 0 aliphatic heterocycles. The van der Waals surface area contributed by atoms with Crippen LogP contribution >= 0.6 is 22.7 Å². The van der Waals surface area contributed by atoms with E-state index in [1.165, 1.54) is 40.9 Å². The van der Waals surface area contributed by atoms with Crippen LogP contribution in [0.25, 0.3) is 16.3 Å². The number of amides is 1. The lowest BCUT2D eigenvalue weighted by Gasteiger charge is -1.99. The number of carbonyl (C=O) groups is 1. The second-order valence-electron chi connectivity index (χ2n) is 4.84. The summed E-state index contributed by atoms with van der Waals surface area (Å²) in [6.07, 6.45) is 3.16. The number of hydrogen-bond donors (Lipinski definition) is 0. The number of thiazole rings is 1. The molecule has 2 heterocycles. The fraction of sp³-hybridized carbons (Fsp3) is 0.125. The molecule has 0 aliphatic rings. The molecule has 0 saturated carbocycles. The highest BCUT2D eigenvalue weighted by atomic mass is 32.1. The fourth-order valence-corrected chi connectivity index (χ4v) is 3.93. The van der Waals surface area contributed by atoms with Gasteiger partial charge in [-0.25, -0.2) is 0 Å². The van der Waals surface area contributed by atoms with Gasteiger partial charge in [0.15, 0.2) is 4.80 Å². The van der Waals surface area contributed by atoms with Crippen molar-refractivity contribution in [3.8, 4) is 0 Å². The average molecular weight is 359 g/mol.